The Balaban J connectivity index is 1.81. The molecule has 0 radical (unpaired) electrons. The number of nitrogens with zero attached hydrogens (tertiary/aromatic N) is 1. The summed E-state index contributed by atoms with van der Waals surface area (Å²) < 4.78 is 0. The minimum absolute atomic E-state index is 0.230. The zero-order valence-corrected chi connectivity index (χ0v) is 10.5. The van der Waals surface area contributed by atoms with Crippen LogP contribution in [0.1, 0.15) is 25.3 Å². The minimum atomic E-state index is 0.230. The van der Waals surface area contributed by atoms with E-state index in [0.29, 0.717) is 5.92 Å². The molecule has 2 nitrogen and oxygen atoms in total. The summed E-state index contributed by atoms with van der Waals surface area (Å²) in [5.74, 6) is 0.827. The van der Waals surface area contributed by atoms with Crippen molar-refractivity contribution in [3.8, 4) is 0 Å². The molecule has 1 aliphatic rings. The lowest BCUT2D eigenvalue weighted by atomic mass is 9.86. The summed E-state index contributed by atoms with van der Waals surface area (Å²) >= 11 is 0. The number of carbonyl (C=O) groups excluding carboxylic acids is 1. The number of carbonyl (C=O) groups is 1. The van der Waals surface area contributed by atoms with Crippen molar-refractivity contribution < 1.29 is 4.79 Å². The van der Waals surface area contributed by atoms with Crippen LogP contribution in [0.15, 0.2) is 30.3 Å². The maximum absolute atomic E-state index is 10.8. The average molecular weight is 231 g/mol. The Morgan fingerprint density at radius 3 is 2.53 bits per heavy atom. The third kappa shape index (κ3) is 3.40. The van der Waals surface area contributed by atoms with Crippen LogP contribution < -0.4 is 0 Å². The van der Waals surface area contributed by atoms with Crippen molar-refractivity contribution in [1.82, 2.24) is 4.90 Å². The van der Waals surface area contributed by atoms with Gasteiger partial charge in [0.2, 0.25) is 0 Å². The van der Waals surface area contributed by atoms with E-state index < -0.39 is 0 Å². The van der Waals surface area contributed by atoms with Crippen molar-refractivity contribution in [2.45, 2.75) is 26.3 Å². The molecule has 1 unspecified atom stereocenters. The Bertz CT molecular complexity index is 341. The lowest BCUT2D eigenvalue weighted by Gasteiger charge is -2.33. The van der Waals surface area contributed by atoms with Crippen molar-refractivity contribution in [3.63, 3.8) is 0 Å². The second-order valence-corrected chi connectivity index (χ2v) is 5.09. The summed E-state index contributed by atoms with van der Waals surface area (Å²) in [6.07, 6.45) is 3.43. The largest absolute Gasteiger partial charge is 0.303 e. The zero-order chi connectivity index (χ0) is 12.1. The summed E-state index contributed by atoms with van der Waals surface area (Å²) in [6, 6.07) is 10.6. The highest BCUT2D eigenvalue weighted by molar-refractivity contribution is 5.53. The SMILES string of the molecule is CC(C=O)C1CCN(Cc2ccccc2)CC1. The maximum atomic E-state index is 10.8. The highest BCUT2D eigenvalue weighted by Gasteiger charge is 2.23. The Morgan fingerprint density at radius 2 is 1.94 bits per heavy atom. The van der Waals surface area contributed by atoms with Crippen molar-refractivity contribution in [1.29, 1.82) is 0 Å². The first kappa shape index (κ1) is 12.3. The number of benzene rings is 1. The summed E-state index contributed by atoms with van der Waals surface area (Å²) in [5.41, 5.74) is 1.38. The van der Waals surface area contributed by atoms with Crippen LogP contribution >= 0.6 is 0 Å². The van der Waals surface area contributed by atoms with Crippen molar-refractivity contribution in [2.24, 2.45) is 11.8 Å². The molecule has 92 valence electrons. The van der Waals surface area contributed by atoms with Crippen LogP contribution in [0.5, 0.6) is 0 Å². The molecule has 1 saturated heterocycles. The highest BCUT2D eigenvalue weighted by atomic mass is 16.1. The van der Waals surface area contributed by atoms with E-state index in [-0.39, 0.29) is 5.92 Å². The standard InChI is InChI=1S/C15H21NO/c1-13(12-17)15-7-9-16(10-8-15)11-14-5-3-2-4-6-14/h2-6,12-13,15H,7-11H2,1H3. The molecule has 1 heterocycles. The van der Waals surface area contributed by atoms with Gasteiger partial charge in [-0.1, -0.05) is 37.3 Å². The van der Waals surface area contributed by atoms with Gasteiger partial charge in [-0.15, -0.1) is 0 Å². The Labute approximate surface area is 104 Å². The molecule has 0 spiro atoms. The molecule has 0 bridgehead atoms. The topological polar surface area (TPSA) is 20.3 Å². The molecule has 0 saturated carbocycles. The van der Waals surface area contributed by atoms with Crippen LogP contribution in [0.2, 0.25) is 0 Å². The van der Waals surface area contributed by atoms with Crippen LogP contribution in [0.25, 0.3) is 0 Å². The predicted molar refractivity (Wildman–Crippen MR) is 69.7 cm³/mol. The zero-order valence-electron chi connectivity index (χ0n) is 10.5. The summed E-state index contributed by atoms with van der Waals surface area (Å²) in [6.45, 7) is 5.34. The first-order chi connectivity index (χ1) is 8.29. The number of rotatable bonds is 4. The van der Waals surface area contributed by atoms with Gasteiger partial charge in [0, 0.05) is 12.5 Å². The molecule has 2 rings (SSSR count). The molecule has 1 aromatic carbocycles. The molecular formula is C15H21NO. The Kier molecular flexibility index (Phi) is 4.32. The van der Waals surface area contributed by atoms with Crippen LogP contribution in [0.3, 0.4) is 0 Å². The second-order valence-electron chi connectivity index (χ2n) is 5.09. The summed E-state index contributed by atoms with van der Waals surface area (Å²) in [4.78, 5) is 13.3. The van der Waals surface area contributed by atoms with Crippen molar-refractivity contribution in [2.75, 3.05) is 13.1 Å². The van der Waals surface area contributed by atoms with Gasteiger partial charge in [0.05, 0.1) is 0 Å². The second kappa shape index (κ2) is 5.97. The van der Waals surface area contributed by atoms with E-state index in [2.05, 4.69) is 35.2 Å². The van der Waals surface area contributed by atoms with Gasteiger partial charge in [-0.2, -0.15) is 0 Å². The highest BCUT2D eigenvalue weighted by Crippen LogP contribution is 2.24. The summed E-state index contributed by atoms with van der Waals surface area (Å²) in [5, 5.41) is 0. The van der Waals surface area contributed by atoms with Gasteiger partial charge in [0.15, 0.2) is 0 Å². The molecule has 1 aromatic rings. The molecule has 0 amide bonds. The van der Waals surface area contributed by atoms with Gasteiger partial charge in [0.25, 0.3) is 0 Å². The molecule has 0 aromatic heterocycles. The van der Waals surface area contributed by atoms with E-state index in [4.69, 9.17) is 0 Å². The lowest BCUT2D eigenvalue weighted by Crippen LogP contribution is -2.35. The minimum Gasteiger partial charge on any atom is -0.303 e. The first-order valence-corrected chi connectivity index (χ1v) is 6.51. The molecule has 0 N–H and O–H groups in total. The Morgan fingerprint density at radius 1 is 1.29 bits per heavy atom. The summed E-state index contributed by atoms with van der Waals surface area (Å²) in [7, 11) is 0. The van der Waals surface area contributed by atoms with Crippen LogP contribution in [0, 0.1) is 11.8 Å². The van der Waals surface area contributed by atoms with E-state index in [9.17, 15) is 4.79 Å². The van der Waals surface area contributed by atoms with Crippen LogP contribution in [0.4, 0.5) is 0 Å². The van der Waals surface area contributed by atoms with Gasteiger partial charge in [-0.3, -0.25) is 4.90 Å². The van der Waals surface area contributed by atoms with Gasteiger partial charge >= 0.3 is 0 Å². The molecule has 1 fully saturated rings. The fourth-order valence-electron chi connectivity index (χ4n) is 2.59. The van der Waals surface area contributed by atoms with Gasteiger partial charge in [-0.25, -0.2) is 0 Å². The van der Waals surface area contributed by atoms with E-state index >= 15 is 0 Å². The average Bonchev–Trinajstić information content (AvgIpc) is 2.40. The van der Waals surface area contributed by atoms with E-state index in [1.807, 2.05) is 6.92 Å². The van der Waals surface area contributed by atoms with Gasteiger partial charge in [0.1, 0.15) is 6.29 Å². The van der Waals surface area contributed by atoms with E-state index in [1.54, 1.807) is 0 Å². The number of piperidine rings is 1. The van der Waals surface area contributed by atoms with Crippen molar-refractivity contribution in [3.05, 3.63) is 35.9 Å². The Hall–Kier alpha value is -1.15. The monoisotopic (exact) mass is 231 g/mol. The van der Waals surface area contributed by atoms with Gasteiger partial charge < -0.3 is 4.79 Å². The molecule has 2 heteroatoms. The smallest absolute Gasteiger partial charge is 0.123 e. The van der Waals surface area contributed by atoms with Gasteiger partial charge in [-0.05, 0) is 37.4 Å². The quantitative estimate of drug-likeness (QED) is 0.743. The number of hydrogen-bond acceptors (Lipinski definition) is 2. The number of aldehydes is 1. The molecule has 17 heavy (non-hydrogen) atoms. The fraction of sp³-hybridized carbons (Fsp3) is 0.533. The predicted octanol–water partition coefficient (Wildman–Crippen LogP) is 2.73. The number of likely N-dealkylation sites (tertiary alicyclic amines) is 1. The molecule has 0 aliphatic carbocycles. The molecule has 1 aliphatic heterocycles. The van der Waals surface area contributed by atoms with Crippen LogP contribution in [-0.2, 0) is 11.3 Å². The number of hydrogen-bond donors (Lipinski definition) is 0. The van der Waals surface area contributed by atoms with Crippen molar-refractivity contribution >= 4 is 6.29 Å². The third-order valence-corrected chi connectivity index (χ3v) is 3.84. The van der Waals surface area contributed by atoms with E-state index in [0.717, 1.165) is 38.8 Å². The molecular weight excluding hydrogens is 210 g/mol. The van der Waals surface area contributed by atoms with Crippen LogP contribution in [-0.4, -0.2) is 24.3 Å². The lowest BCUT2D eigenvalue weighted by molar-refractivity contribution is -0.112. The maximum Gasteiger partial charge on any atom is 0.123 e. The van der Waals surface area contributed by atoms with E-state index in [1.165, 1.54) is 5.56 Å². The normalized spacial score (nSPS) is 20.1. The third-order valence-electron chi connectivity index (χ3n) is 3.84. The fourth-order valence-corrected chi connectivity index (χ4v) is 2.59. The first-order valence-electron chi connectivity index (χ1n) is 6.51. The molecule has 1 atom stereocenters.